The summed E-state index contributed by atoms with van der Waals surface area (Å²) < 4.78 is 0. The third-order valence-electron chi connectivity index (χ3n) is 11.3. The van der Waals surface area contributed by atoms with E-state index in [1.165, 1.54) is 38.9 Å². The van der Waals surface area contributed by atoms with Crippen LogP contribution < -0.4 is 4.90 Å². The molecule has 9 rings (SSSR count). The van der Waals surface area contributed by atoms with Gasteiger partial charge in [0.1, 0.15) is 0 Å². The van der Waals surface area contributed by atoms with Gasteiger partial charge in [-0.25, -0.2) is 4.98 Å². The second-order valence-corrected chi connectivity index (χ2v) is 15.3. The zero-order chi connectivity index (χ0) is 36.2. The van der Waals surface area contributed by atoms with E-state index in [-0.39, 0.29) is 10.8 Å². The predicted molar refractivity (Wildman–Crippen MR) is 223 cm³/mol. The third kappa shape index (κ3) is 5.63. The molecule has 7 aromatic carbocycles. The first-order chi connectivity index (χ1) is 25.8. The molecule has 0 radical (unpaired) electrons. The van der Waals surface area contributed by atoms with Crippen LogP contribution in [0.25, 0.3) is 44.4 Å². The van der Waals surface area contributed by atoms with Crippen molar-refractivity contribution in [3.05, 3.63) is 204 Å². The number of benzene rings is 7. The second-order valence-electron chi connectivity index (χ2n) is 15.3. The van der Waals surface area contributed by atoms with Crippen LogP contribution in [0.5, 0.6) is 0 Å². The first-order valence-corrected chi connectivity index (χ1v) is 18.6. The molecular formula is C51H42N2. The number of rotatable bonds is 7. The van der Waals surface area contributed by atoms with Crippen molar-refractivity contribution in [1.82, 2.24) is 4.98 Å². The lowest BCUT2D eigenvalue weighted by molar-refractivity contribution is 0.641. The molecule has 0 bridgehead atoms. The Bertz CT molecular complexity index is 2600. The molecule has 2 heteroatoms. The Kier molecular flexibility index (Phi) is 7.86. The summed E-state index contributed by atoms with van der Waals surface area (Å²) in [5.74, 6) is 0. The maximum Gasteiger partial charge on any atom is 0.0788 e. The molecule has 1 aromatic heterocycles. The van der Waals surface area contributed by atoms with Gasteiger partial charge in [0.2, 0.25) is 0 Å². The monoisotopic (exact) mass is 682 g/mol. The minimum absolute atomic E-state index is 0.154. The minimum Gasteiger partial charge on any atom is -0.310 e. The fourth-order valence-electron chi connectivity index (χ4n) is 8.28. The normalized spacial score (nSPS) is 13.1. The van der Waals surface area contributed by atoms with Gasteiger partial charge >= 0.3 is 0 Å². The van der Waals surface area contributed by atoms with Crippen LogP contribution in [-0.4, -0.2) is 4.98 Å². The van der Waals surface area contributed by atoms with E-state index in [0.29, 0.717) is 0 Å². The zero-order valence-corrected chi connectivity index (χ0v) is 30.7. The quantitative estimate of drug-likeness (QED) is 0.166. The van der Waals surface area contributed by atoms with Crippen molar-refractivity contribution in [1.29, 1.82) is 0 Å². The van der Waals surface area contributed by atoms with Crippen LogP contribution in [0.1, 0.15) is 49.9 Å². The first-order valence-electron chi connectivity index (χ1n) is 18.6. The maximum absolute atomic E-state index is 5.29. The molecule has 1 aliphatic carbocycles. The van der Waals surface area contributed by atoms with Gasteiger partial charge in [0.25, 0.3) is 0 Å². The van der Waals surface area contributed by atoms with Crippen molar-refractivity contribution in [2.45, 2.75) is 38.5 Å². The molecular weight excluding hydrogens is 641 g/mol. The number of fused-ring (bicyclic) bond motifs is 4. The van der Waals surface area contributed by atoms with Crippen LogP contribution in [0, 0.1) is 0 Å². The van der Waals surface area contributed by atoms with E-state index in [2.05, 4.69) is 215 Å². The smallest absolute Gasteiger partial charge is 0.0788 e. The van der Waals surface area contributed by atoms with E-state index in [9.17, 15) is 0 Å². The zero-order valence-electron chi connectivity index (χ0n) is 30.7. The third-order valence-corrected chi connectivity index (χ3v) is 11.3. The van der Waals surface area contributed by atoms with Gasteiger partial charge < -0.3 is 4.90 Å². The van der Waals surface area contributed by atoms with Crippen LogP contribution in [0.4, 0.5) is 17.1 Å². The highest BCUT2D eigenvalue weighted by molar-refractivity contribution is 5.94. The highest BCUT2D eigenvalue weighted by Crippen LogP contribution is 2.52. The second kappa shape index (κ2) is 12.8. The molecule has 256 valence electrons. The number of para-hydroxylation sites is 2. The van der Waals surface area contributed by atoms with Gasteiger partial charge in [-0.15, -0.1) is 0 Å². The van der Waals surface area contributed by atoms with Crippen LogP contribution in [0.3, 0.4) is 0 Å². The summed E-state index contributed by atoms with van der Waals surface area (Å²) in [5.41, 5.74) is 16.4. The SMILES string of the molecule is CC(C)(c1ccccc1)c1cccc(N(c2ccccc2)c2ccc3c(c2)-c2ccc(-c4nc5ccccc5cc4-c4ccccc4)cc2C3(C)C)c1. The number of pyridine rings is 1. The Morgan fingerprint density at radius 3 is 1.87 bits per heavy atom. The molecule has 0 N–H and O–H groups in total. The Morgan fingerprint density at radius 1 is 0.453 bits per heavy atom. The Labute approximate surface area is 313 Å². The number of anilines is 3. The summed E-state index contributed by atoms with van der Waals surface area (Å²) in [6, 6.07) is 66.0. The number of hydrogen-bond donors (Lipinski definition) is 0. The van der Waals surface area contributed by atoms with Gasteiger partial charge in [0.05, 0.1) is 11.2 Å². The molecule has 53 heavy (non-hydrogen) atoms. The average molecular weight is 683 g/mol. The summed E-state index contributed by atoms with van der Waals surface area (Å²) in [5, 5.41) is 1.15. The van der Waals surface area contributed by atoms with Crippen molar-refractivity contribution in [2.24, 2.45) is 0 Å². The molecule has 0 aliphatic heterocycles. The standard InChI is InChI=1S/C51H42N2/c1-50(2,38-20-10-6-11-21-38)39-22-16-25-41(33-39)53(40-23-12-7-13-24-40)42-28-30-46-45(34-42)43-29-27-37(32-47(43)51(46,3)4)49-44(35-17-8-5-9-18-35)31-36-19-14-15-26-48(36)52-49/h5-34H,1-4H3. The Balaban J connectivity index is 1.17. The van der Waals surface area contributed by atoms with Crippen LogP contribution >= 0.6 is 0 Å². The lowest BCUT2D eigenvalue weighted by Gasteiger charge is -2.30. The molecule has 0 amide bonds. The lowest BCUT2D eigenvalue weighted by atomic mass is 9.78. The van der Waals surface area contributed by atoms with E-state index in [1.54, 1.807) is 0 Å². The molecule has 2 nitrogen and oxygen atoms in total. The molecule has 0 unspecified atom stereocenters. The molecule has 0 spiro atoms. The lowest BCUT2D eigenvalue weighted by Crippen LogP contribution is -2.20. The largest absolute Gasteiger partial charge is 0.310 e. The molecule has 8 aromatic rings. The van der Waals surface area contributed by atoms with Crippen LogP contribution in [0.15, 0.2) is 182 Å². The van der Waals surface area contributed by atoms with E-state index < -0.39 is 0 Å². The molecule has 1 aliphatic rings. The van der Waals surface area contributed by atoms with Crippen LogP contribution in [0.2, 0.25) is 0 Å². The topological polar surface area (TPSA) is 16.1 Å². The van der Waals surface area contributed by atoms with Crippen molar-refractivity contribution >= 4 is 28.0 Å². The molecule has 0 saturated heterocycles. The van der Waals surface area contributed by atoms with E-state index in [4.69, 9.17) is 4.98 Å². The summed E-state index contributed by atoms with van der Waals surface area (Å²) >= 11 is 0. The number of nitrogens with zero attached hydrogens (tertiary/aromatic N) is 2. The van der Waals surface area contributed by atoms with E-state index in [0.717, 1.165) is 44.8 Å². The van der Waals surface area contributed by atoms with E-state index >= 15 is 0 Å². The van der Waals surface area contributed by atoms with Crippen LogP contribution in [-0.2, 0) is 10.8 Å². The maximum atomic E-state index is 5.29. The van der Waals surface area contributed by atoms with Crippen molar-refractivity contribution < 1.29 is 0 Å². The summed E-state index contributed by atoms with van der Waals surface area (Å²) in [7, 11) is 0. The fraction of sp³-hybridized carbons (Fsp3) is 0.118. The van der Waals surface area contributed by atoms with Crippen molar-refractivity contribution in [3.63, 3.8) is 0 Å². The van der Waals surface area contributed by atoms with Gasteiger partial charge in [-0.05, 0) is 93.5 Å². The minimum atomic E-state index is -0.180. The van der Waals surface area contributed by atoms with E-state index in [1.807, 2.05) is 0 Å². The fourth-order valence-corrected chi connectivity index (χ4v) is 8.28. The Hall–Kier alpha value is -6.25. The van der Waals surface area contributed by atoms with Crippen molar-refractivity contribution in [2.75, 3.05) is 4.90 Å². The van der Waals surface area contributed by atoms with Crippen molar-refractivity contribution in [3.8, 4) is 33.5 Å². The molecule has 1 heterocycles. The number of aromatic nitrogens is 1. The summed E-state index contributed by atoms with van der Waals surface area (Å²) in [4.78, 5) is 7.68. The average Bonchev–Trinajstić information content (AvgIpc) is 3.43. The molecule has 0 saturated carbocycles. The van der Waals surface area contributed by atoms with Gasteiger partial charge in [-0.2, -0.15) is 0 Å². The summed E-state index contributed by atoms with van der Waals surface area (Å²) in [6.07, 6.45) is 0. The first kappa shape index (κ1) is 32.6. The van der Waals surface area contributed by atoms with Gasteiger partial charge in [0.15, 0.2) is 0 Å². The van der Waals surface area contributed by atoms with Gasteiger partial charge in [-0.3, -0.25) is 0 Å². The highest BCUT2D eigenvalue weighted by atomic mass is 15.1. The predicted octanol–water partition coefficient (Wildman–Crippen LogP) is 13.7. The van der Waals surface area contributed by atoms with Gasteiger partial charge in [-0.1, -0.05) is 155 Å². The highest BCUT2D eigenvalue weighted by Gasteiger charge is 2.36. The molecule has 0 fully saturated rings. The Morgan fingerprint density at radius 2 is 1.09 bits per heavy atom. The number of hydrogen-bond acceptors (Lipinski definition) is 2. The molecule has 0 atom stereocenters. The van der Waals surface area contributed by atoms with Gasteiger partial charge in [0, 0.05) is 44.4 Å². The summed E-state index contributed by atoms with van der Waals surface area (Å²) in [6.45, 7) is 9.34.